The molecule has 0 radical (unpaired) electrons. The first kappa shape index (κ1) is 15.6. The van der Waals surface area contributed by atoms with E-state index in [2.05, 4.69) is 22.0 Å². The quantitative estimate of drug-likeness (QED) is 0.842. The molecule has 0 spiro atoms. The van der Waals surface area contributed by atoms with Crippen LogP contribution in [0.4, 0.5) is 5.82 Å². The van der Waals surface area contributed by atoms with E-state index in [0.29, 0.717) is 34.8 Å². The highest BCUT2D eigenvalue weighted by Crippen LogP contribution is 2.29. The lowest BCUT2D eigenvalue weighted by atomic mass is 10.0. The zero-order valence-electron chi connectivity index (χ0n) is 13.7. The van der Waals surface area contributed by atoms with Crippen LogP contribution in [0.5, 0.6) is 5.75 Å². The molecule has 0 bridgehead atoms. The third kappa shape index (κ3) is 2.70. The molecular weight excluding hydrogens is 306 g/mol. The Labute approximate surface area is 139 Å². The Morgan fingerprint density at radius 1 is 1.38 bits per heavy atom. The van der Waals surface area contributed by atoms with Gasteiger partial charge in [-0.1, -0.05) is 18.2 Å². The van der Waals surface area contributed by atoms with Gasteiger partial charge in [0.1, 0.15) is 23.1 Å². The second-order valence-corrected chi connectivity index (χ2v) is 5.54. The largest absolute Gasteiger partial charge is 0.461 e. The summed E-state index contributed by atoms with van der Waals surface area (Å²) in [5.41, 5.74) is 7.90. The second kappa shape index (κ2) is 6.08. The molecule has 2 aromatic rings. The number of rotatable bonds is 3. The fourth-order valence-corrected chi connectivity index (χ4v) is 2.66. The molecule has 0 aliphatic carbocycles. The number of nitrogens with one attached hydrogen (secondary N) is 2. The molecular formula is C17H17N5O2. The van der Waals surface area contributed by atoms with Crippen molar-refractivity contribution in [2.75, 3.05) is 5.43 Å². The van der Waals surface area contributed by atoms with Crippen LogP contribution in [-0.4, -0.2) is 15.7 Å². The first-order valence-corrected chi connectivity index (χ1v) is 7.46. The van der Waals surface area contributed by atoms with Gasteiger partial charge < -0.3 is 4.74 Å². The molecule has 122 valence electrons. The van der Waals surface area contributed by atoms with E-state index >= 15 is 0 Å². The Balaban J connectivity index is 1.76. The summed E-state index contributed by atoms with van der Waals surface area (Å²) in [6, 6.07) is 9.69. The molecule has 7 nitrogen and oxygen atoms in total. The number of hydrazine groups is 1. The van der Waals surface area contributed by atoms with Crippen LogP contribution in [-0.2, 0) is 18.3 Å². The van der Waals surface area contributed by atoms with Gasteiger partial charge in [-0.25, -0.2) is 0 Å². The number of para-hydroxylation sites is 1. The predicted octanol–water partition coefficient (Wildman–Crippen LogP) is 1.95. The monoisotopic (exact) mass is 323 g/mol. The Kier molecular flexibility index (Phi) is 3.96. The summed E-state index contributed by atoms with van der Waals surface area (Å²) < 4.78 is 7.23. The van der Waals surface area contributed by atoms with Gasteiger partial charge in [-0.2, -0.15) is 10.4 Å². The number of nitriles is 1. The maximum atomic E-state index is 12.5. The smallest absolute Gasteiger partial charge is 0.269 e. The van der Waals surface area contributed by atoms with Crippen molar-refractivity contribution in [1.82, 2.24) is 15.2 Å². The van der Waals surface area contributed by atoms with Gasteiger partial charge in [0, 0.05) is 13.5 Å². The number of ether oxygens (including phenoxy) is 1. The lowest BCUT2D eigenvalue weighted by Gasteiger charge is -2.21. The van der Waals surface area contributed by atoms with Crippen molar-refractivity contribution in [3.05, 3.63) is 52.4 Å². The lowest BCUT2D eigenvalue weighted by Crippen LogP contribution is -2.34. The zero-order chi connectivity index (χ0) is 17.3. The summed E-state index contributed by atoms with van der Waals surface area (Å²) >= 11 is 0. The number of fused-ring (bicyclic) bond motifs is 1. The lowest BCUT2D eigenvalue weighted by molar-refractivity contribution is -0.117. The molecule has 1 aliphatic heterocycles. The molecule has 1 aromatic carbocycles. The number of benzene rings is 1. The number of nitrogens with zero attached hydrogens (tertiary/aromatic N) is 3. The first-order valence-electron chi connectivity index (χ1n) is 7.46. The van der Waals surface area contributed by atoms with Crippen molar-refractivity contribution in [2.45, 2.75) is 20.3 Å². The Hall–Kier alpha value is -3.27. The Bertz CT molecular complexity index is 889. The third-order valence-corrected chi connectivity index (χ3v) is 3.93. The number of carbonyl (C=O) groups excluding carboxylic acids is 1. The fourth-order valence-electron chi connectivity index (χ4n) is 2.66. The molecule has 0 fully saturated rings. The summed E-state index contributed by atoms with van der Waals surface area (Å²) in [7, 11) is 1.70. The van der Waals surface area contributed by atoms with E-state index in [4.69, 9.17) is 4.74 Å². The highest BCUT2D eigenvalue weighted by atomic mass is 16.5. The minimum Gasteiger partial charge on any atom is -0.461 e. The highest BCUT2D eigenvalue weighted by molar-refractivity contribution is 5.95. The van der Waals surface area contributed by atoms with Gasteiger partial charge in [-0.3, -0.25) is 20.3 Å². The molecule has 0 unspecified atom stereocenters. The van der Waals surface area contributed by atoms with Gasteiger partial charge in [0.2, 0.25) is 0 Å². The first-order chi connectivity index (χ1) is 11.5. The van der Waals surface area contributed by atoms with Crippen molar-refractivity contribution in [2.24, 2.45) is 7.05 Å². The summed E-state index contributed by atoms with van der Waals surface area (Å²) in [5.74, 6) is 1.48. The number of hydrogen-bond donors (Lipinski definition) is 2. The van der Waals surface area contributed by atoms with E-state index in [0.717, 1.165) is 11.3 Å². The van der Waals surface area contributed by atoms with Gasteiger partial charge in [-0.15, -0.1) is 0 Å². The van der Waals surface area contributed by atoms with E-state index in [1.54, 1.807) is 20.9 Å². The number of aromatic nitrogens is 2. The topological polar surface area (TPSA) is 92.0 Å². The average Bonchev–Trinajstić information content (AvgIpc) is 2.84. The van der Waals surface area contributed by atoms with Crippen LogP contribution in [0.15, 0.2) is 35.6 Å². The number of amides is 1. The summed E-state index contributed by atoms with van der Waals surface area (Å²) in [6.45, 7) is 3.50. The van der Waals surface area contributed by atoms with Crippen LogP contribution in [0.2, 0.25) is 0 Å². The van der Waals surface area contributed by atoms with Crippen LogP contribution in [0, 0.1) is 18.3 Å². The maximum absolute atomic E-state index is 12.5. The van der Waals surface area contributed by atoms with Crippen molar-refractivity contribution in [3.63, 3.8) is 0 Å². The Morgan fingerprint density at radius 2 is 2.12 bits per heavy atom. The van der Waals surface area contributed by atoms with Crippen molar-refractivity contribution in [1.29, 1.82) is 5.26 Å². The van der Waals surface area contributed by atoms with E-state index in [-0.39, 0.29) is 5.91 Å². The number of anilines is 1. The third-order valence-electron chi connectivity index (χ3n) is 3.93. The summed E-state index contributed by atoms with van der Waals surface area (Å²) in [5, 5.41) is 13.4. The van der Waals surface area contributed by atoms with Crippen molar-refractivity contribution in [3.8, 4) is 11.8 Å². The Morgan fingerprint density at radius 3 is 2.88 bits per heavy atom. The molecule has 0 saturated heterocycles. The number of aryl methyl sites for hydroxylation is 2. The van der Waals surface area contributed by atoms with E-state index in [1.807, 2.05) is 24.3 Å². The maximum Gasteiger partial charge on any atom is 0.269 e. The fraction of sp³-hybridized carbons (Fsp3) is 0.235. The molecule has 24 heavy (non-hydrogen) atoms. The highest BCUT2D eigenvalue weighted by Gasteiger charge is 2.22. The van der Waals surface area contributed by atoms with Crippen LogP contribution in [0.1, 0.15) is 23.7 Å². The standard InChI is InChI=1S/C17H17N5O2/c1-10-14(9-18)16(22(3)21-10)19-20-17(23)13-8-12-6-4-5-7-15(12)24-11(13)2/h4-7,19H,8H2,1-3H3,(H,20,23). The van der Waals surface area contributed by atoms with Crippen LogP contribution < -0.4 is 15.6 Å². The van der Waals surface area contributed by atoms with Gasteiger partial charge in [0.15, 0.2) is 5.82 Å². The molecule has 2 N–H and O–H groups in total. The van der Waals surface area contributed by atoms with Gasteiger partial charge in [0.25, 0.3) is 5.91 Å². The van der Waals surface area contributed by atoms with E-state index in [9.17, 15) is 10.1 Å². The van der Waals surface area contributed by atoms with Crippen molar-refractivity contribution < 1.29 is 9.53 Å². The van der Waals surface area contributed by atoms with Gasteiger partial charge in [0.05, 0.1) is 11.3 Å². The van der Waals surface area contributed by atoms with E-state index < -0.39 is 0 Å². The van der Waals surface area contributed by atoms with Crippen LogP contribution in [0.3, 0.4) is 0 Å². The predicted molar refractivity (Wildman–Crippen MR) is 87.9 cm³/mol. The second-order valence-electron chi connectivity index (χ2n) is 5.54. The van der Waals surface area contributed by atoms with Gasteiger partial charge >= 0.3 is 0 Å². The van der Waals surface area contributed by atoms with Gasteiger partial charge in [-0.05, 0) is 25.5 Å². The molecule has 0 atom stereocenters. The summed E-state index contributed by atoms with van der Waals surface area (Å²) in [4.78, 5) is 12.5. The SMILES string of the molecule is CC1=C(C(=O)NNc2c(C#N)c(C)nn2C)Cc2ccccc2O1. The zero-order valence-corrected chi connectivity index (χ0v) is 13.7. The number of hydrogen-bond acceptors (Lipinski definition) is 5. The average molecular weight is 323 g/mol. The molecule has 1 amide bonds. The minimum absolute atomic E-state index is 0.301. The molecule has 1 aromatic heterocycles. The molecule has 3 rings (SSSR count). The normalized spacial score (nSPS) is 12.9. The molecule has 7 heteroatoms. The molecule has 0 saturated carbocycles. The summed E-state index contributed by atoms with van der Waals surface area (Å²) in [6.07, 6.45) is 0.491. The molecule has 2 heterocycles. The van der Waals surface area contributed by atoms with Crippen LogP contribution >= 0.6 is 0 Å². The number of carbonyl (C=O) groups is 1. The number of allylic oxidation sites excluding steroid dienone is 1. The van der Waals surface area contributed by atoms with Crippen molar-refractivity contribution >= 4 is 11.7 Å². The minimum atomic E-state index is -0.301. The van der Waals surface area contributed by atoms with E-state index in [1.165, 1.54) is 4.68 Å². The molecule has 1 aliphatic rings. The van der Waals surface area contributed by atoms with Crippen LogP contribution in [0.25, 0.3) is 0 Å².